The maximum atomic E-state index is 5.72. The van der Waals surface area contributed by atoms with Gasteiger partial charge in [0.15, 0.2) is 0 Å². The topological polar surface area (TPSA) is 38.9 Å². The molecule has 0 atom stereocenters. The number of nitrogens with zero attached hydrogens (tertiary/aromatic N) is 1. The first-order valence-electron chi connectivity index (χ1n) is 5.06. The van der Waals surface area contributed by atoms with Crippen LogP contribution in [0.25, 0.3) is 0 Å². The van der Waals surface area contributed by atoms with Crippen molar-refractivity contribution >= 4 is 28.5 Å². The van der Waals surface area contributed by atoms with Crippen LogP contribution in [0.1, 0.15) is 53.1 Å². The molecule has 0 spiro atoms. The van der Waals surface area contributed by atoms with Crippen molar-refractivity contribution in [1.29, 1.82) is 0 Å². The van der Waals surface area contributed by atoms with Crippen molar-refractivity contribution < 1.29 is 0 Å². The van der Waals surface area contributed by atoms with E-state index in [-0.39, 0.29) is 0 Å². The van der Waals surface area contributed by atoms with Crippen LogP contribution in [0.2, 0.25) is 0 Å². The van der Waals surface area contributed by atoms with E-state index in [1.54, 1.807) is 11.3 Å². The standard InChI is InChI=1S/C10H12N2S2/c11-9(13)8-7(5-1-2-5)12-10(14-8)6-3-4-6/h5-6H,1-4H2,(H2,11,13). The van der Waals surface area contributed by atoms with Crippen LogP contribution in [0, 0.1) is 0 Å². The minimum atomic E-state index is 0.538. The van der Waals surface area contributed by atoms with Gasteiger partial charge in [0.05, 0.1) is 15.6 Å². The number of rotatable bonds is 3. The molecule has 1 aromatic rings. The van der Waals surface area contributed by atoms with Crippen molar-refractivity contribution in [2.75, 3.05) is 0 Å². The molecule has 2 fully saturated rings. The van der Waals surface area contributed by atoms with Crippen molar-refractivity contribution in [3.8, 4) is 0 Å². The normalized spacial score (nSPS) is 21.1. The first kappa shape index (κ1) is 8.80. The highest BCUT2D eigenvalue weighted by Crippen LogP contribution is 2.47. The van der Waals surface area contributed by atoms with Gasteiger partial charge in [-0.15, -0.1) is 11.3 Å². The van der Waals surface area contributed by atoms with Crippen LogP contribution in [0.5, 0.6) is 0 Å². The summed E-state index contributed by atoms with van der Waals surface area (Å²) in [6.45, 7) is 0. The van der Waals surface area contributed by atoms with E-state index in [2.05, 4.69) is 0 Å². The molecule has 2 nitrogen and oxygen atoms in total. The summed E-state index contributed by atoms with van der Waals surface area (Å²) in [6, 6.07) is 0. The Kier molecular flexibility index (Phi) is 1.89. The van der Waals surface area contributed by atoms with E-state index in [0.29, 0.717) is 10.9 Å². The lowest BCUT2D eigenvalue weighted by Gasteiger charge is -1.95. The molecular weight excluding hydrogens is 212 g/mol. The maximum absolute atomic E-state index is 5.72. The summed E-state index contributed by atoms with van der Waals surface area (Å²) in [6.07, 6.45) is 5.13. The number of aromatic nitrogens is 1. The Morgan fingerprint density at radius 1 is 1.29 bits per heavy atom. The lowest BCUT2D eigenvalue weighted by Crippen LogP contribution is -2.09. The van der Waals surface area contributed by atoms with Crippen molar-refractivity contribution in [1.82, 2.24) is 4.98 Å². The van der Waals surface area contributed by atoms with Crippen LogP contribution >= 0.6 is 23.6 Å². The van der Waals surface area contributed by atoms with Crippen LogP contribution in [0.3, 0.4) is 0 Å². The third-order valence-corrected chi connectivity index (χ3v) is 4.38. The van der Waals surface area contributed by atoms with Crippen LogP contribution in [0.4, 0.5) is 0 Å². The summed E-state index contributed by atoms with van der Waals surface area (Å²) in [5, 5.41) is 1.27. The van der Waals surface area contributed by atoms with Gasteiger partial charge in [-0.05, 0) is 25.7 Å². The van der Waals surface area contributed by atoms with Crippen LogP contribution in [-0.4, -0.2) is 9.97 Å². The van der Waals surface area contributed by atoms with E-state index in [0.717, 1.165) is 10.8 Å². The van der Waals surface area contributed by atoms with Crippen molar-refractivity contribution in [3.63, 3.8) is 0 Å². The minimum absolute atomic E-state index is 0.538. The predicted molar refractivity (Wildman–Crippen MR) is 62.0 cm³/mol. The van der Waals surface area contributed by atoms with Crippen molar-refractivity contribution in [3.05, 3.63) is 15.6 Å². The number of thiazole rings is 1. The zero-order valence-electron chi connectivity index (χ0n) is 7.82. The summed E-state index contributed by atoms with van der Waals surface area (Å²) >= 11 is 6.79. The smallest absolute Gasteiger partial charge is 0.116 e. The summed E-state index contributed by atoms with van der Waals surface area (Å²) in [7, 11) is 0. The van der Waals surface area contributed by atoms with E-state index in [1.165, 1.54) is 36.4 Å². The van der Waals surface area contributed by atoms with Crippen molar-refractivity contribution in [2.45, 2.75) is 37.5 Å². The average Bonchev–Trinajstić information content (AvgIpc) is 3.03. The SMILES string of the molecule is NC(=S)c1sc(C2CC2)nc1C1CC1. The molecule has 74 valence electrons. The van der Waals surface area contributed by atoms with E-state index in [4.69, 9.17) is 22.9 Å². The molecule has 2 aliphatic carbocycles. The van der Waals surface area contributed by atoms with Crippen LogP contribution in [-0.2, 0) is 0 Å². The number of hydrogen-bond acceptors (Lipinski definition) is 3. The van der Waals surface area contributed by atoms with Gasteiger partial charge in [-0.25, -0.2) is 4.98 Å². The fourth-order valence-corrected chi connectivity index (χ4v) is 3.07. The minimum Gasteiger partial charge on any atom is -0.389 e. The summed E-state index contributed by atoms with van der Waals surface area (Å²) < 4.78 is 0. The molecule has 0 saturated heterocycles. The molecule has 4 heteroatoms. The highest BCUT2D eigenvalue weighted by Gasteiger charge is 2.34. The van der Waals surface area contributed by atoms with Crippen molar-refractivity contribution in [2.24, 2.45) is 5.73 Å². The summed E-state index contributed by atoms with van der Waals surface area (Å²) in [5.41, 5.74) is 6.91. The first-order valence-corrected chi connectivity index (χ1v) is 6.28. The van der Waals surface area contributed by atoms with E-state index >= 15 is 0 Å². The largest absolute Gasteiger partial charge is 0.389 e. The lowest BCUT2D eigenvalue weighted by molar-refractivity contribution is 0.985. The monoisotopic (exact) mass is 224 g/mol. The second kappa shape index (κ2) is 3.00. The number of thiocarbonyl (C=S) groups is 1. The fourth-order valence-electron chi connectivity index (χ4n) is 1.66. The molecule has 0 radical (unpaired) electrons. The lowest BCUT2D eigenvalue weighted by atomic mass is 10.2. The Hall–Kier alpha value is -0.480. The molecule has 0 amide bonds. The molecule has 1 heterocycles. The molecule has 0 aliphatic heterocycles. The van der Waals surface area contributed by atoms with E-state index < -0.39 is 0 Å². The molecule has 0 aromatic carbocycles. The molecule has 2 aliphatic rings. The molecule has 0 unspecified atom stereocenters. The molecule has 2 saturated carbocycles. The van der Waals surface area contributed by atoms with Gasteiger partial charge in [0.1, 0.15) is 4.99 Å². The molecule has 1 aromatic heterocycles. The Labute approximate surface area is 92.5 Å². The zero-order chi connectivity index (χ0) is 9.71. The molecular formula is C10H12N2S2. The van der Waals surface area contributed by atoms with Crippen LogP contribution in [0.15, 0.2) is 0 Å². The van der Waals surface area contributed by atoms with Gasteiger partial charge in [-0.1, -0.05) is 12.2 Å². The molecule has 14 heavy (non-hydrogen) atoms. The quantitative estimate of drug-likeness (QED) is 0.802. The Morgan fingerprint density at radius 3 is 2.43 bits per heavy atom. The second-order valence-electron chi connectivity index (χ2n) is 4.18. The summed E-state index contributed by atoms with van der Waals surface area (Å²) in [5.74, 6) is 1.39. The Morgan fingerprint density at radius 2 is 1.93 bits per heavy atom. The second-order valence-corrected chi connectivity index (χ2v) is 5.65. The third kappa shape index (κ3) is 1.46. The average molecular weight is 224 g/mol. The predicted octanol–water partition coefficient (Wildman–Crippen LogP) is 2.53. The van der Waals surface area contributed by atoms with Gasteiger partial charge < -0.3 is 5.73 Å². The number of nitrogens with two attached hydrogens (primary N) is 1. The van der Waals surface area contributed by atoms with Gasteiger partial charge in [-0.3, -0.25) is 0 Å². The van der Waals surface area contributed by atoms with Gasteiger partial charge >= 0.3 is 0 Å². The van der Waals surface area contributed by atoms with E-state index in [1.807, 2.05) is 0 Å². The summed E-state index contributed by atoms with van der Waals surface area (Å²) in [4.78, 5) is 6.33. The van der Waals surface area contributed by atoms with Gasteiger partial charge in [-0.2, -0.15) is 0 Å². The third-order valence-electron chi connectivity index (χ3n) is 2.78. The highest BCUT2D eigenvalue weighted by atomic mass is 32.1. The molecule has 0 bridgehead atoms. The molecule has 2 N–H and O–H groups in total. The Balaban J connectivity index is 2.01. The van der Waals surface area contributed by atoms with E-state index in [9.17, 15) is 0 Å². The maximum Gasteiger partial charge on any atom is 0.116 e. The highest BCUT2D eigenvalue weighted by molar-refractivity contribution is 7.81. The first-order chi connectivity index (χ1) is 6.75. The van der Waals surface area contributed by atoms with Gasteiger partial charge in [0.2, 0.25) is 0 Å². The fraction of sp³-hybridized carbons (Fsp3) is 0.600. The molecule has 3 rings (SSSR count). The van der Waals surface area contributed by atoms with Crippen LogP contribution < -0.4 is 5.73 Å². The van der Waals surface area contributed by atoms with Gasteiger partial charge in [0.25, 0.3) is 0 Å². The zero-order valence-corrected chi connectivity index (χ0v) is 9.46. The van der Waals surface area contributed by atoms with Gasteiger partial charge in [0, 0.05) is 11.8 Å². The number of hydrogen-bond donors (Lipinski definition) is 1. The Bertz CT molecular complexity index is 389.